The Morgan fingerprint density at radius 3 is 2.39 bits per heavy atom. The first-order valence-corrected chi connectivity index (χ1v) is 11.3. The lowest BCUT2D eigenvalue weighted by Gasteiger charge is -2.34. The SMILES string of the molecule is CC(=O)Nc1ccc(CC(=O)N2CCN(Cc3csc(-c4ccccc4)n3)CC2)cc1. The van der Waals surface area contributed by atoms with Crippen molar-refractivity contribution < 1.29 is 9.59 Å². The van der Waals surface area contributed by atoms with E-state index in [2.05, 4.69) is 27.7 Å². The molecule has 0 spiro atoms. The standard InChI is InChI=1S/C24H26N4O2S/c1-18(29)25-21-9-7-19(8-10-21)15-23(30)28-13-11-27(12-14-28)16-22-17-31-24(26-22)20-5-3-2-4-6-20/h2-10,17H,11-16H2,1H3,(H,25,29). The van der Waals surface area contributed by atoms with Crippen LogP contribution in [0.2, 0.25) is 0 Å². The molecular weight excluding hydrogens is 408 g/mol. The van der Waals surface area contributed by atoms with E-state index in [1.54, 1.807) is 11.3 Å². The molecule has 2 amide bonds. The third-order valence-corrected chi connectivity index (χ3v) is 6.25. The minimum Gasteiger partial charge on any atom is -0.340 e. The molecule has 1 aromatic heterocycles. The zero-order valence-corrected chi connectivity index (χ0v) is 18.4. The number of carbonyl (C=O) groups excluding carboxylic acids is 2. The number of piperazine rings is 1. The highest BCUT2D eigenvalue weighted by molar-refractivity contribution is 7.13. The smallest absolute Gasteiger partial charge is 0.227 e. The molecular formula is C24H26N4O2S. The van der Waals surface area contributed by atoms with Gasteiger partial charge in [-0.05, 0) is 17.7 Å². The number of benzene rings is 2. The highest BCUT2D eigenvalue weighted by atomic mass is 32.1. The molecule has 0 atom stereocenters. The fourth-order valence-corrected chi connectivity index (χ4v) is 4.49. The normalized spacial score (nSPS) is 14.4. The molecule has 0 bridgehead atoms. The summed E-state index contributed by atoms with van der Waals surface area (Å²) in [6.07, 6.45) is 0.382. The summed E-state index contributed by atoms with van der Waals surface area (Å²) < 4.78 is 0. The molecule has 4 rings (SSSR count). The van der Waals surface area contributed by atoms with Crippen LogP contribution in [0, 0.1) is 0 Å². The molecule has 1 N–H and O–H groups in total. The van der Waals surface area contributed by atoms with Gasteiger partial charge in [0.15, 0.2) is 0 Å². The second-order valence-electron chi connectivity index (χ2n) is 7.72. The fourth-order valence-electron chi connectivity index (χ4n) is 3.67. The van der Waals surface area contributed by atoms with Crippen LogP contribution in [0.15, 0.2) is 60.0 Å². The maximum Gasteiger partial charge on any atom is 0.227 e. The van der Waals surface area contributed by atoms with Crippen molar-refractivity contribution in [2.24, 2.45) is 0 Å². The van der Waals surface area contributed by atoms with Crippen LogP contribution in [-0.2, 0) is 22.6 Å². The summed E-state index contributed by atoms with van der Waals surface area (Å²) in [6, 6.07) is 17.7. The van der Waals surface area contributed by atoms with E-state index in [1.807, 2.05) is 47.4 Å². The second-order valence-corrected chi connectivity index (χ2v) is 8.58. The summed E-state index contributed by atoms with van der Waals surface area (Å²) in [6.45, 7) is 5.47. The minimum absolute atomic E-state index is 0.101. The number of carbonyl (C=O) groups is 2. The lowest BCUT2D eigenvalue weighted by atomic mass is 10.1. The van der Waals surface area contributed by atoms with Gasteiger partial charge >= 0.3 is 0 Å². The van der Waals surface area contributed by atoms with E-state index in [9.17, 15) is 9.59 Å². The van der Waals surface area contributed by atoms with Gasteiger partial charge in [0.05, 0.1) is 12.1 Å². The Kier molecular flexibility index (Phi) is 6.74. The number of hydrogen-bond donors (Lipinski definition) is 1. The molecule has 0 radical (unpaired) electrons. The lowest BCUT2D eigenvalue weighted by Crippen LogP contribution is -2.48. The zero-order valence-electron chi connectivity index (χ0n) is 17.6. The minimum atomic E-state index is -0.101. The summed E-state index contributed by atoms with van der Waals surface area (Å²) in [5.74, 6) is 0.0441. The molecule has 1 fully saturated rings. The van der Waals surface area contributed by atoms with Gasteiger partial charge in [-0.15, -0.1) is 11.3 Å². The van der Waals surface area contributed by atoms with Crippen molar-refractivity contribution in [2.45, 2.75) is 19.9 Å². The van der Waals surface area contributed by atoms with E-state index >= 15 is 0 Å². The molecule has 1 saturated heterocycles. The van der Waals surface area contributed by atoms with E-state index < -0.39 is 0 Å². The average Bonchev–Trinajstić information content (AvgIpc) is 3.24. The van der Waals surface area contributed by atoms with E-state index in [0.29, 0.717) is 6.42 Å². The number of nitrogens with zero attached hydrogens (tertiary/aromatic N) is 3. The van der Waals surface area contributed by atoms with Crippen molar-refractivity contribution >= 4 is 28.8 Å². The van der Waals surface area contributed by atoms with E-state index in [1.165, 1.54) is 6.92 Å². The monoisotopic (exact) mass is 434 g/mol. The molecule has 2 aromatic carbocycles. The van der Waals surface area contributed by atoms with Gasteiger partial charge < -0.3 is 10.2 Å². The van der Waals surface area contributed by atoms with E-state index in [4.69, 9.17) is 4.98 Å². The molecule has 160 valence electrons. The van der Waals surface area contributed by atoms with Crippen LogP contribution >= 0.6 is 11.3 Å². The predicted molar refractivity (Wildman–Crippen MR) is 124 cm³/mol. The van der Waals surface area contributed by atoms with Gasteiger partial charge in [0, 0.05) is 56.3 Å². The Labute approximate surface area is 186 Å². The number of nitrogens with one attached hydrogen (secondary N) is 1. The van der Waals surface area contributed by atoms with Crippen molar-refractivity contribution in [1.82, 2.24) is 14.8 Å². The van der Waals surface area contributed by atoms with Gasteiger partial charge in [-0.1, -0.05) is 42.5 Å². The summed E-state index contributed by atoms with van der Waals surface area (Å²) in [7, 11) is 0. The molecule has 31 heavy (non-hydrogen) atoms. The van der Waals surface area contributed by atoms with Crippen LogP contribution in [0.3, 0.4) is 0 Å². The van der Waals surface area contributed by atoms with E-state index in [0.717, 1.165) is 60.2 Å². The lowest BCUT2D eigenvalue weighted by molar-refractivity contribution is -0.132. The summed E-state index contributed by atoms with van der Waals surface area (Å²) in [5, 5.41) is 5.92. The average molecular weight is 435 g/mol. The number of anilines is 1. The van der Waals surface area contributed by atoms with Crippen molar-refractivity contribution in [1.29, 1.82) is 0 Å². The number of hydrogen-bond acceptors (Lipinski definition) is 5. The molecule has 1 aliphatic heterocycles. The quantitative estimate of drug-likeness (QED) is 0.643. The maximum atomic E-state index is 12.7. The van der Waals surface area contributed by atoms with Gasteiger partial charge in [-0.25, -0.2) is 4.98 Å². The third kappa shape index (κ3) is 5.77. The van der Waals surface area contributed by atoms with Crippen LogP contribution in [0.25, 0.3) is 10.6 Å². The van der Waals surface area contributed by atoms with Crippen LogP contribution < -0.4 is 5.32 Å². The van der Waals surface area contributed by atoms with Crippen molar-refractivity contribution in [2.75, 3.05) is 31.5 Å². The van der Waals surface area contributed by atoms with Gasteiger partial charge in [-0.3, -0.25) is 14.5 Å². The van der Waals surface area contributed by atoms with Gasteiger partial charge in [-0.2, -0.15) is 0 Å². The Balaban J connectivity index is 1.25. The summed E-state index contributed by atoms with van der Waals surface area (Å²) in [5.41, 5.74) is 3.94. The molecule has 3 aromatic rings. The zero-order chi connectivity index (χ0) is 21.6. The summed E-state index contributed by atoms with van der Waals surface area (Å²) in [4.78, 5) is 32.9. The molecule has 0 aliphatic carbocycles. The maximum absolute atomic E-state index is 12.7. The Bertz CT molecular complexity index is 1030. The molecule has 0 saturated carbocycles. The molecule has 0 unspecified atom stereocenters. The number of rotatable bonds is 6. The largest absolute Gasteiger partial charge is 0.340 e. The van der Waals surface area contributed by atoms with Crippen molar-refractivity contribution in [3.8, 4) is 10.6 Å². The highest BCUT2D eigenvalue weighted by Crippen LogP contribution is 2.24. The van der Waals surface area contributed by atoms with Gasteiger partial charge in [0.2, 0.25) is 11.8 Å². The number of amides is 2. The molecule has 2 heterocycles. The van der Waals surface area contributed by atoms with Crippen LogP contribution in [-0.4, -0.2) is 52.8 Å². The van der Waals surface area contributed by atoms with Crippen molar-refractivity contribution in [3.63, 3.8) is 0 Å². The van der Waals surface area contributed by atoms with E-state index in [-0.39, 0.29) is 11.8 Å². The number of aromatic nitrogens is 1. The first kappa shape index (κ1) is 21.2. The molecule has 7 heteroatoms. The Morgan fingerprint density at radius 2 is 1.71 bits per heavy atom. The first-order chi connectivity index (χ1) is 15.1. The van der Waals surface area contributed by atoms with Crippen LogP contribution in [0.5, 0.6) is 0 Å². The number of thiazole rings is 1. The topological polar surface area (TPSA) is 65.5 Å². The third-order valence-electron chi connectivity index (χ3n) is 5.31. The Morgan fingerprint density at radius 1 is 1.00 bits per heavy atom. The molecule has 6 nitrogen and oxygen atoms in total. The summed E-state index contributed by atoms with van der Waals surface area (Å²) >= 11 is 1.68. The van der Waals surface area contributed by atoms with Gasteiger partial charge in [0.1, 0.15) is 5.01 Å². The second kappa shape index (κ2) is 9.85. The highest BCUT2D eigenvalue weighted by Gasteiger charge is 2.22. The first-order valence-electron chi connectivity index (χ1n) is 10.4. The fraction of sp³-hybridized carbons (Fsp3) is 0.292. The van der Waals surface area contributed by atoms with Crippen molar-refractivity contribution in [3.05, 3.63) is 71.2 Å². The van der Waals surface area contributed by atoms with Crippen LogP contribution in [0.4, 0.5) is 5.69 Å². The van der Waals surface area contributed by atoms with Crippen LogP contribution in [0.1, 0.15) is 18.2 Å². The predicted octanol–water partition coefficient (Wildman–Crippen LogP) is 3.66. The molecule has 1 aliphatic rings. The Hall–Kier alpha value is -3.03. The van der Waals surface area contributed by atoms with Gasteiger partial charge in [0.25, 0.3) is 0 Å².